The van der Waals surface area contributed by atoms with Gasteiger partial charge in [-0.3, -0.25) is 33.6 Å². The van der Waals surface area contributed by atoms with Gasteiger partial charge in [0.05, 0.1) is 25.4 Å². The van der Waals surface area contributed by atoms with Crippen LogP contribution in [0.1, 0.15) is 45.6 Å². The Labute approximate surface area is 259 Å². The van der Waals surface area contributed by atoms with Crippen molar-refractivity contribution in [3.05, 3.63) is 35.9 Å². The van der Waals surface area contributed by atoms with E-state index in [1.165, 1.54) is 6.92 Å². The minimum atomic E-state index is -1.56. The molecule has 1 aromatic rings. The third kappa shape index (κ3) is 13.8. The van der Waals surface area contributed by atoms with Gasteiger partial charge in [-0.15, -0.1) is 0 Å². The van der Waals surface area contributed by atoms with Crippen LogP contribution < -0.4 is 43.8 Å². The summed E-state index contributed by atoms with van der Waals surface area (Å²) in [5, 5.41) is 21.1. The number of carbonyl (C=O) groups excluding carboxylic acids is 7. The van der Waals surface area contributed by atoms with Crippen molar-refractivity contribution in [1.82, 2.24) is 26.6 Å². The highest BCUT2D eigenvalue weighted by molar-refractivity contribution is 5.97. The van der Waals surface area contributed by atoms with Crippen molar-refractivity contribution in [2.75, 3.05) is 6.54 Å². The maximum absolute atomic E-state index is 13.1. The summed E-state index contributed by atoms with van der Waals surface area (Å²) < 4.78 is 0. The Morgan fingerprint density at radius 1 is 0.756 bits per heavy atom. The van der Waals surface area contributed by atoms with Gasteiger partial charge in [0.1, 0.15) is 24.2 Å². The first-order valence-corrected chi connectivity index (χ1v) is 14.1. The van der Waals surface area contributed by atoms with Crippen LogP contribution >= 0.6 is 0 Å². The molecule has 0 fully saturated rings. The lowest BCUT2D eigenvalue weighted by Gasteiger charge is -2.24. The molecule has 0 aromatic heterocycles. The fraction of sp³-hybridized carbons (Fsp3) is 0.500. The van der Waals surface area contributed by atoms with Crippen LogP contribution in [0.2, 0.25) is 0 Å². The van der Waals surface area contributed by atoms with Gasteiger partial charge < -0.3 is 48.9 Å². The number of aliphatic carboxylic acids is 1. The molecule has 0 saturated carbocycles. The zero-order valence-corrected chi connectivity index (χ0v) is 25.3. The van der Waals surface area contributed by atoms with Crippen LogP contribution in [-0.2, 0) is 44.8 Å². The maximum Gasteiger partial charge on any atom is 0.326 e. The molecule has 0 spiro atoms. The number of carboxylic acid groups (broad SMARTS) is 1. The van der Waals surface area contributed by atoms with Crippen LogP contribution in [0, 0.1) is 5.92 Å². The van der Waals surface area contributed by atoms with Crippen molar-refractivity contribution in [1.29, 1.82) is 0 Å². The van der Waals surface area contributed by atoms with Crippen LogP contribution in [0.5, 0.6) is 0 Å². The minimum Gasteiger partial charge on any atom is -0.480 e. The number of primary amides is 2. The lowest BCUT2D eigenvalue weighted by atomic mass is 9.99. The Morgan fingerprint density at radius 3 is 1.87 bits per heavy atom. The number of nitrogens with two attached hydrogens (primary N) is 3. The summed E-state index contributed by atoms with van der Waals surface area (Å²) in [4.78, 5) is 97.8. The predicted octanol–water partition coefficient (Wildman–Crippen LogP) is -3.49. The monoisotopic (exact) mass is 634 g/mol. The number of nitrogens with one attached hydrogen (secondary N) is 5. The second-order valence-corrected chi connectivity index (χ2v) is 10.5. The van der Waals surface area contributed by atoms with Gasteiger partial charge in [-0.2, -0.15) is 0 Å². The Balaban J connectivity index is 2.98. The smallest absolute Gasteiger partial charge is 0.326 e. The largest absolute Gasteiger partial charge is 0.480 e. The number of amides is 7. The molecule has 0 aliphatic rings. The van der Waals surface area contributed by atoms with Crippen molar-refractivity contribution in [2.24, 2.45) is 23.1 Å². The Bertz CT molecular complexity index is 1240. The van der Waals surface area contributed by atoms with E-state index in [9.17, 15) is 43.5 Å². The van der Waals surface area contributed by atoms with Gasteiger partial charge in [0, 0.05) is 6.42 Å². The third-order valence-electron chi connectivity index (χ3n) is 6.68. The molecule has 6 atom stereocenters. The van der Waals surface area contributed by atoms with Crippen LogP contribution in [0.15, 0.2) is 30.3 Å². The molecule has 0 radical (unpaired) electrons. The second kappa shape index (κ2) is 18.6. The fourth-order valence-electron chi connectivity index (χ4n) is 3.94. The van der Waals surface area contributed by atoms with Crippen molar-refractivity contribution >= 4 is 47.3 Å². The predicted molar refractivity (Wildman–Crippen MR) is 159 cm³/mol. The van der Waals surface area contributed by atoms with E-state index in [0.29, 0.717) is 12.0 Å². The van der Waals surface area contributed by atoms with Crippen LogP contribution in [0.3, 0.4) is 0 Å². The molecule has 1 aromatic carbocycles. The first-order valence-electron chi connectivity index (χ1n) is 14.1. The van der Waals surface area contributed by atoms with E-state index >= 15 is 0 Å². The van der Waals surface area contributed by atoms with Crippen LogP contribution in [0.25, 0.3) is 0 Å². The number of benzene rings is 1. The highest BCUT2D eigenvalue weighted by atomic mass is 16.4. The average molecular weight is 635 g/mol. The van der Waals surface area contributed by atoms with Crippen molar-refractivity contribution in [3.8, 4) is 0 Å². The normalized spacial score (nSPS) is 14.7. The summed E-state index contributed by atoms with van der Waals surface area (Å²) in [7, 11) is 0. The van der Waals surface area contributed by atoms with Gasteiger partial charge in [-0.1, -0.05) is 50.6 Å². The molecule has 0 aliphatic heterocycles. The fourth-order valence-corrected chi connectivity index (χ4v) is 3.94. The van der Waals surface area contributed by atoms with Gasteiger partial charge in [0.2, 0.25) is 41.4 Å². The highest BCUT2D eigenvalue weighted by Gasteiger charge is 2.31. The molecule has 17 nitrogen and oxygen atoms in total. The summed E-state index contributed by atoms with van der Waals surface area (Å²) in [5.74, 6) is -7.71. The van der Waals surface area contributed by atoms with Crippen LogP contribution in [0.4, 0.5) is 0 Å². The standard InChI is InChI=1S/C28H42N8O9/c1-4-14(2)23(28(44)45)36-24(40)15(3)33-22(39)13-32-26(42)18(10-16-8-6-5-7-9-16)35-27(43)19(12-21(31)38)34-25(41)17(29)11-20(30)37/h5-9,14-15,17-19,23H,4,10-13,29H2,1-3H3,(H2,30,37)(H2,31,38)(H,32,42)(H,33,39)(H,34,41)(H,35,43)(H,36,40)(H,44,45). The third-order valence-corrected chi connectivity index (χ3v) is 6.68. The van der Waals surface area contributed by atoms with Gasteiger partial charge in [-0.25, -0.2) is 4.79 Å². The van der Waals surface area contributed by atoms with E-state index < -0.39 is 96.9 Å². The molecule has 0 aliphatic carbocycles. The number of rotatable bonds is 19. The van der Waals surface area contributed by atoms with E-state index in [-0.39, 0.29) is 12.3 Å². The molecule has 248 valence electrons. The summed E-state index contributed by atoms with van der Waals surface area (Å²) in [6.45, 7) is 4.15. The lowest BCUT2D eigenvalue weighted by molar-refractivity contribution is -0.143. The SMILES string of the molecule is CCC(C)C(NC(=O)C(C)NC(=O)CNC(=O)C(Cc1ccccc1)NC(=O)C(CC(N)=O)NC(=O)C(N)CC(N)=O)C(=O)O. The van der Waals surface area contributed by atoms with Crippen molar-refractivity contribution < 1.29 is 43.5 Å². The number of carboxylic acids is 1. The molecule has 12 N–H and O–H groups in total. The summed E-state index contributed by atoms with van der Waals surface area (Å²) in [6.07, 6.45) is -0.772. The summed E-state index contributed by atoms with van der Waals surface area (Å²) in [5.41, 5.74) is 16.5. The minimum absolute atomic E-state index is 0.0660. The Morgan fingerprint density at radius 2 is 1.33 bits per heavy atom. The van der Waals surface area contributed by atoms with E-state index in [0.717, 1.165) is 0 Å². The van der Waals surface area contributed by atoms with Crippen LogP contribution in [-0.4, -0.2) is 89.2 Å². The van der Waals surface area contributed by atoms with Crippen molar-refractivity contribution in [3.63, 3.8) is 0 Å². The molecular formula is C28H42N8O9. The summed E-state index contributed by atoms with van der Waals surface area (Å²) in [6, 6.07) is 1.88. The Hall–Kier alpha value is -5.06. The maximum atomic E-state index is 13.1. The number of carbonyl (C=O) groups is 8. The van der Waals surface area contributed by atoms with E-state index in [2.05, 4.69) is 26.6 Å². The Kier molecular flexibility index (Phi) is 15.7. The molecule has 6 unspecified atom stereocenters. The topological polar surface area (TPSA) is 295 Å². The molecular weight excluding hydrogens is 592 g/mol. The number of hydrogen-bond donors (Lipinski definition) is 9. The molecule has 0 bridgehead atoms. The molecule has 17 heteroatoms. The van der Waals surface area contributed by atoms with E-state index in [1.54, 1.807) is 44.2 Å². The number of hydrogen-bond acceptors (Lipinski definition) is 9. The first-order chi connectivity index (χ1) is 21.0. The lowest BCUT2D eigenvalue weighted by Crippen LogP contribution is -2.58. The van der Waals surface area contributed by atoms with E-state index in [1.807, 2.05) is 0 Å². The first kappa shape index (κ1) is 38.0. The van der Waals surface area contributed by atoms with Gasteiger partial charge in [0.15, 0.2) is 0 Å². The highest BCUT2D eigenvalue weighted by Crippen LogP contribution is 2.08. The van der Waals surface area contributed by atoms with E-state index in [4.69, 9.17) is 17.2 Å². The molecule has 7 amide bonds. The van der Waals surface area contributed by atoms with Gasteiger partial charge >= 0.3 is 5.97 Å². The van der Waals surface area contributed by atoms with Gasteiger partial charge in [-0.05, 0) is 18.4 Å². The molecule has 1 rings (SSSR count). The molecule has 0 saturated heterocycles. The second-order valence-electron chi connectivity index (χ2n) is 10.5. The zero-order chi connectivity index (χ0) is 34.3. The average Bonchev–Trinajstić information content (AvgIpc) is 2.96. The van der Waals surface area contributed by atoms with Gasteiger partial charge in [0.25, 0.3) is 0 Å². The quantitative estimate of drug-likeness (QED) is 0.0723. The van der Waals surface area contributed by atoms with Crippen molar-refractivity contribution in [2.45, 2.75) is 76.7 Å². The zero-order valence-electron chi connectivity index (χ0n) is 25.3. The summed E-state index contributed by atoms with van der Waals surface area (Å²) >= 11 is 0. The molecule has 45 heavy (non-hydrogen) atoms. The molecule has 0 heterocycles.